The molecule has 0 aliphatic heterocycles. The third-order valence-corrected chi connectivity index (χ3v) is 6.26. The number of ether oxygens (including phenoxy) is 1. The standard InChI is InChI=1S/C25H23N3O4S/c1-3-23(30)26-19-11-9-18(10-12-19)21(29)15-32-25(31)22-13-20-16(2)27-28(24(20)33-22)14-17-7-5-4-6-8-17/h4-13H,3,14-15H2,1-2H3,(H,26,30). The Labute approximate surface area is 195 Å². The summed E-state index contributed by atoms with van der Waals surface area (Å²) in [5, 5.41) is 8.21. The van der Waals surface area contributed by atoms with Crippen molar-refractivity contribution in [2.24, 2.45) is 0 Å². The van der Waals surface area contributed by atoms with Gasteiger partial charge in [-0.3, -0.25) is 14.3 Å². The number of Topliss-reactive ketones (excluding diaryl/α,β-unsaturated/α-hetero) is 1. The minimum absolute atomic E-state index is 0.103. The van der Waals surface area contributed by atoms with Crippen LogP contribution in [0.1, 0.15) is 44.6 Å². The van der Waals surface area contributed by atoms with E-state index in [1.165, 1.54) is 11.3 Å². The number of esters is 1. The van der Waals surface area contributed by atoms with Gasteiger partial charge in [-0.25, -0.2) is 4.79 Å². The Morgan fingerprint density at radius 3 is 2.48 bits per heavy atom. The van der Waals surface area contributed by atoms with Gasteiger partial charge in [-0.15, -0.1) is 11.3 Å². The summed E-state index contributed by atoms with van der Waals surface area (Å²) in [5.41, 5.74) is 2.97. The highest BCUT2D eigenvalue weighted by molar-refractivity contribution is 7.20. The average molecular weight is 462 g/mol. The van der Waals surface area contributed by atoms with Crippen molar-refractivity contribution in [2.45, 2.75) is 26.8 Å². The third kappa shape index (κ3) is 5.18. The van der Waals surface area contributed by atoms with Crippen molar-refractivity contribution in [3.63, 3.8) is 0 Å². The second-order valence-electron chi connectivity index (χ2n) is 7.54. The van der Waals surface area contributed by atoms with Gasteiger partial charge in [0.25, 0.3) is 0 Å². The van der Waals surface area contributed by atoms with Gasteiger partial charge in [0.2, 0.25) is 5.91 Å². The molecular weight excluding hydrogens is 438 g/mol. The molecule has 8 heteroatoms. The first kappa shape index (κ1) is 22.4. The molecule has 168 valence electrons. The van der Waals surface area contributed by atoms with Crippen molar-refractivity contribution >= 4 is 44.9 Å². The Morgan fingerprint density at radius 2 is 1.79 bits per heavy atom. The molecule has 0 aliphatic carbocycles. The Bertz CT molecular complexity index is 1310. The zero-order valence-electron chi connectivity index (χ0n) is 18.3. The first-order valence-electron chi connectivity index (χ1n) is 10.6. The van der Waals surface area contributed by atoms with Crippen LogP contribution in [-0.2, 0) is 16.1 Å². The highest BCUT2D eigenvalue weighted by Gasteiger charge is 2.19. The van der Waals surface area contributed by atoms with Gasteiger partial charge in [0.05, 0.1) is 12.2 Å². The van der Waals surface area contributed by atoms with E-state index in [0.717, 1.165) is 21.5 Å². The lowest BCUT2D eigenvalue weighted by atomic mass is 10.1. The monoisotopic (exact) mass is 461 g/mol. The zero-order chi connectivity index (χ0) is 23.4. The molecule has 7 nitrogen and oxygen atoms in total. The summed E-state index contributed by atoms with van der Waals surface area (Å²) in [6.45, 7) is 3.91. The predicted molar refractivity (Wildman–Crippen MR) is 128 cm³/mol. The molecule has 33 heavy (non-hydrogen) atoms. The zero-order valence-corrected chi connectivity index (χ0v) is 19.1. The smallest absolute Gasteiger partial charge is 0.348 e. The second kappa shape index (κ2) is 9.79. The van der Waals surface area contributed by atoms with Gasteiger partial charge in [0, 0.05) is 23.1 Å². The van der Waals surface area contributed by atoms with Crippen molar-refractivity contribution in [1.82, 2.24) is 9.78 Å². The van der Waals surface area contributed by atoms with E-state index in [4.69, 9.17) is 4.74 Å². The number of carbonyl (C=O) groups excluding carboxylic acids is 3. The van der Waals surface area contributed by atoms with Gasteiger partial charge in [-0.2, -0.15) is 5.10 Å². The number of hydrogen-bond donors (Lipinski definition) is 1. The fourth-order valence-corrected chi connectivity index (χ4v) is 4.41. The number of ketones is 1. The van der Waals surface area contributed by atoms with Gasteiger partial charge in [-0.1, -0.05) is 37.3 Å². The SMILES string of the molecule is CCC(=O)Nc1ccc(C(=O)COC(=O)c2cc3c(C)nn(Cc4ccccc4)c3s2)cc1. The maximum absolute atomic E-state index is 12.6. The molecule has 0 radical (unpaired) electrons. The summed E-state index contributed by atoms with van der Waals surface area (Å²) in [4.78, 5) is 37.8. The van der Waals surface area contributed by atoms with Crippen LogP contribution in [0.15, 0.2) is 60.7 Å². The Kier molecular flexibility index (Phi) is 6.65. The molecule has 0 bridgehead atoms. The number of rotatable bonds is 8. The topological polar surface area (TPSA) is 90.3 Å². The van der Waals surface area contributed by atoms with Crippen LogP contribution in [0.4, 0.5) is 5.69 Å². The van der Waals surface area contributed by atoms with E-state index in [1.54, 1.807) is 37.3 Å². The molecule has 0 atom stereocenters. The summed E-state index contributed by atoms with van der Waals surface area (Å²) in [5.74, 6) is -0.959. The van der Waals surface area contributed by atoms with Crippen molar-refractivity contribution < 1.29 is 19.1 Å². The largest absolute Gasteiger partial charge is 0.453 e. The minimum Gasteiger partial charge on any atom is -0.453 e. The number of fused-ring (bicyclic) bond motifs is 1. The normalized spacial score (nSPS) is 10.8. The third-order valence-electron chi connectivity index (χ3n) is 5.13. The van der Waals surface area contributed by atoms with E-state index in [1.807, 2.05) is 41.9 Å². The number of carbonyl (C=O) groups is 3. The van der Waals surface area contributed by atoms with Crippen LogP contribution < -0.4 is 5.32 Å². The Hall–Kier alpha value is -3.78. The minimum atomic E-state index is -0.540. The number of nitrogens with one attached hydrogen (secondary N) is 1. The number of aromatic nitrogens is 2. The summed E-state index contributed by atoms with van der Waals surface area (Å²) in [6, 6.07) is 18.2. The molecule has 4 aromatic rings. The Balaban J connectivity index is 1.41. The molecule has 2 heterocycles. The molecule has 0 fully saturated rings. The molecule has 0 saturated carbocycles. The maximum atomic E-state index is 12.6. The molecule has 0 unspecified atom stereocenters. The van der Waals surface area contributed by atoms with E-state index in [0.29, 0.717) is 29.1 Å². The molecule has 0 saturated heterocycles. The van der Waals surface area contributed by atoms with E-state index in [-0.39, 0.29) is 18.3 Å². The van der Waals surface area contributed by atoms with Crippen LogP contribution >= 0.6 is 11.3 Å². The average Bonchev–Trinajstić information content (AvgIpc) is 3.39. The number of nitrogens with zero attached hydrogens (tertiary/aromatic N) is 2. The Morgan fingerprint density at radius 1 is 1.06 bits per heavy atom. The van der Waals surface area contributed by atoms with Gasteiger partial charge in [-0.05, 0) is 42.8 Å². The molecule has 1 amide bonds. The maximum Gasteiger partial charge on any atom is 0.348 e. The van der Waals surface area contributed by atoms with Crippen molar-refractivity contribution in [3.8, 4) is 0 Å². The van der Waals surface area contributed by atoms with Crippen LogP contribution in [0.5, 0.6) is 0 Å². The van der Waals surface area contributed by atoms with Crippen LogP contribution in [-0.4, -0.2) is 34.0 Å². The lowest BCUT2D eigenvalue weighted by molar-refractivity contribution is -0.115. The van der Waals surface area contributed by atoms with Gasteiger partial charge >= 0.3 is 5.97 Å². The van der Waals surface area contributed by atoms with Gasteiger partial charge in [0.15, 0.2) is 12.4 Å². The molecule has 1 N–H and O–H groups in total. The summed E-state index contributed by atoms with van der Waals surface area (Å²) < 4.78 is 7.16. The first-order chi connectivity index (χ1) is 15.9. The molecule has 0 spiro atoms. The van der Waals surface area contributed by atoms with Crippen molar-refractivity contribution in [3.05, 3.63) is 82.4 Å². The predicted octanol–water partition coefficient (Wildman–Crippen LogP) is 4.84. The van der Waals surface area contributed by atoms with Crippen LogP contribution in [0.2, 0.25) is 0 Å². The fraction of sp³-hybridized carbons (Fsp3) is 0.200. The number of benzene rings is 2. The van der Waals surface area contributed by atoms with Crippen LogP contribution in [0.3, 0.4) is 0 Å². The number of anilines is 1. The fourth-order valence-electron chi connectivity index (χ4n) is 3.35. The van der Waals surface area contributed by atoms with E-state index in [2.05, 4.69) is 10.4 Å². The van der Waals surface area contributed by atoms with Gasteiger partial charge in [0.1, 0.15) is 9.71 Å². The molecule has 4 rings (SSSR count). The number of amides is 1. The van der Waals surface area contributed by atoms with E-state index in [9.17, 15) is 14.4 Å². The molecule has 2 aromatic carbocycles. The van der Waals surface area contributed by atoms with Crippen molar-refractivity contribution in [1.29, 1.82) is 0 Å². The van der Waals surface area contributed by atoms with E-state index < -0.39 is 5.97 Å². The van der Waals surface area contributed by atoms with Crippen molar-refractivity contribution in [2.75, 3.05) is 11.9 Å². The lowest BCUT2D eigenvalue weighted by Gasteiger charge is -2.06. The van der Waals surface area contributed by atoms with Crippen LogP contribution in [0, 0.1) is 6.92 Å². The number of thiophene rings is 1. The second-order valence-corrected chi connectivity index (χ2v) is 8.57. The summed E-state index contributed by atoms with van der Waals surface area (Å²) in [6.07, 6.45) is 0.373. The molecule has 0 aliphatic rings. The molecule has 2 aromatic heterocycles. The first-order valence-corrected chi connectivity index (χ1v) is 11.4. The van der Waals surface area contributed by atoms with Gasteiger partial charge < -0.3 is 10.1 Å². The highest BCUT2D eigenvalue weighted by atomic mass is 32.1. The summed E-state index contributed by atoms with van der Waals surface area (Å²) >= 11 is 1.30. The molecular formula is C25H23N3O4S. The summed E-state index contributed by atoms with van der Waals surface area (Å²) in [7, 11) is 0. The lowest BCUT2D eigenvalue weighted by Crippen LogP contribution is -2.14. The van der Waals surface area contributed by atoms with E-state index >= 15 is 0 Å². The number of aryl methyl sites for hydroxylation is 1. The quantitative estimate of drug-likeness (QED) is 0.299. The number of hydrogen-bond acceptors (Lipinski definition) is 6. The van der Waals surface area contributed by atoms with Crippen LogP contribution in [0.25, 0.3) is 10.2 Å². The highest BCUT2D eigenvalue weighted by Crippen LogP contribution is 2.29.